The van der Waals surface area contributed by atoms with Crippen LogP contribution in [0.15, 0.2) is 24.3 Å². The van der Waals surface area contributed by atoms with Crippen molar-refractivity contribution in [2.24, 2.45) is 11.8 Å². The number of benzene rings is 2. The van der Waals surface area contributed by atoms with Crippen molar-refractivity contribution in [1.82, 2.24) is 5.32 Å². The first kappa shape index (κ1) is 20.3. The Morgan fingerprint density at radius 3 is 2.25 bits per heavy atom. The maximum Gasteiger partial charge on any atom is 0.310 e. The van der Waals surface area contributed by atoms with Crippen LogP contribution in [0.25, 0.3) is 0 Å². The summed E-state index contributed by atoms with van der Waals surface area (Å²) < 4.78 is 27.3. The number of cyclic esters (lactones) is 1. The third-order valence-electron chi connectivity index (χ3n) is 6.41. The molecule has 32 heavy (non-hydrogen) atoms. The average Bonchev–Trinajstić information content (AvgIpc) is 3.39. The van der Waals surface area contributed by atoms with Crippen LogP contribution in [0.1, 0.15) is 35.6 Å². The maximum atomic E-state index is 12.9. The first-order chi connectivity index (χ1) is 15.4. The standard InChI is InChI=1S/C23H23NO8/c1-10(25)24-21-13-7-16-15(31-9-32-16)6-12(13)19(20-14(21)8-30-23(20)27)11-4-17(28-2)22(26)18(5-11)29-3/h4-7,14,19-21,26H,8-9H2,1-3H3,(H,24,25)/t14-,19+,20-,21+/m0/s1. The second kappa shape index (κ2) is 7.51. The topological polar surface area (TPSA) is 113 Å². The summed E-state index contributed by atoms with van der Waals surface area (Å²) in [4.78, 5) is 25.0. The van der Waals surface area contributed by atoms with Gasteiger partial charge >= 0.3 is 5.97 Å². The second-order valence-corrected chi connectivity index (χ2v) is 8.08. The molecule has 2 aromatic rings. The van der Waals surface area contributed by atoms with E-state index in [-0.39, 0.29) is 48.4 Å². The number of carbonyl (C=O) groups excluding carboxylic acids is 2. The summed E-state index contributed by atoms with van der Waals surface area (Å²) >= 11 is 0. The Balaban J connectivity index is 1.75. The number of phenols is 1. The van der Waals surface area contributed by atoms with Crippen LogP contribution in [0.2, 0.25) is 0 Å². The van der Waals surface area contributed by atoms with Crippen LogP contribution in [0, 0.1) is 11.8 Å². The van der Waals surface area contributed by atoms with Gasteiger partial charge in [-0.25, -0.2) is 0 Å². The zero-order valence-corrected chi connectivity index (χ0v) is 17.8. The van der Waals surface area contributed by atoms with Crippen LogP contribution in [0.4, 0.5) is 0 Å². The molecule has 0 unspecified atom stereocenters. The van der Waals surface area contributed by atoms with E-state index in [1.807, 2.05) is 12.1 Å². The normalized spacial score (nSPS) is 24.9. The first-order valence-corrected chi connectivity index (χ1v) is 10.2. The van der Waals surface area contributed by atoms with Crippen LogP contribution in [-0.4, -0.2) is 44.6 Å². The van der Waals surface area contributed by atoms with Crippen molar-refractivity contribution in [2.75, 3.05) is 27.6 Å². The summed E-state index contributed by atoms with van der Waals surface area (Å²) in [6, 6.07) is 6.67. The van der Waals surface area contributed by atoms with Crippen LogP contribution < -0.4 is 24.3 Å². The largest absolute Gasteiger partial charge is 0.502 e. The highest BCUT2D eigenvalue weighted by molar-refractivity contribution is 5.80. The van der Waals surface area contributed by atoms with Gasteiger partial charge in [0, 0.05) is 18.8 Å². The number of carbonyl (C=O) groups is 2. The number of nitrogens with one attached hydrogen (secondary N) is 1. The molecule has 2 heterocycles. The fraction of sp³-hybridized carbons (Fsp3) is 0.391. The number of hydrogen-bond donors (Lipinski definition) is 2. The minimum absolute atomic E-state index is 0.101. The van der Waals surface area contributed by atoms with Gasteiger partial charge in [0.1, 0.15) is 0 Å². The van der Waals surface area contributed by atoms with Crippen LogP contribution >= 0.6 is 0 Å². The Kier molecular flexibility index (Phi) is 4.76. The molecule has 0 saturated carbocycles. The molecule has 9 heteroatoms. The smallest absolute Gasteiger partial charge is 0.310 e. The number of phenolic OH excluding ortho intramolecular Hbond substituents is 1. The van der Waals surface area contributed by atoms with E-state index in [9.17, 15) is 14.7 Å². The Morgan fingerprint density at radius 1 is 1.03 bits per heavy atom. The number of aromatic hydroxyl groups is 1. The van der Waals surface area contributed by atoms with E-state index in [0.29, 0.717) is 17.1 Å². The van der Waals surface area contributed by atoms with Crippen LogP contribution in [0.3, 0.4) is 0 Å². The van der Waals surface area contributed by atoms with Crippen molar-refractivity contribution in [1.29, 1.82) is 0 Å². The number of esters is 1. The first-order valence-electron chi connectivity index (χ1n) is 10.2. The molecule has 0 radical (unpaired) electrons. The van der Waals surface area contributed by atoms with Gasteiger partial charge in [-0.05, 0) is 41.0 Å². The third-order valence-corrected chi connectivity index (χ3v) is 6.41. The quantitative estimate of drug-likeness (QED) is 0.695. The number of methoxy groups -OCH3 is 2. The maximum absolute atomic E-state index is 12.9. The Hall–Kier alpha value is -3.62. The van der Waals surface area contributed by atoms with Gasteiger partial charge in [0.05, 0.1) is 32.8 Å². The van der Waals surface area contributed by atoms with Crippen LogP contribution in [-0.2, 0) is 14.3 Å². The average molecular weight is 441 g/mol. The summed E-state index contributed by atoms with van der Waals surface area (Å²) in [6.07, 6.45) is 0. The number of fused-ring (bicyclic) bond motifs is 3. The summed E-state index contributed by atoms with van der Waals surface area (Å²) in [5.41, 5.74) is 2.36. The molecule has 9 nitrogen and oxygen atoms in total. The lowest BCUT2D eigenvalue weighted by Crippen LogP contribution is -2.42. The fourth-order valence-corrected chi connectivity index (χ4v) is 5.06. The summed E-state index contributed by atoms with van der Waals surface area (Å²) in [6.45, 7) is 1.73. The molecule has 1 aliphatic carbocycles. The van der Waals surface area contributed by atoms with Crippen molar-refractivity contribution in [2.45, 2.75) is 18.9 Å². The molecule has 0 spiro atoms. The molecule has 1 saturated heterocycles. The minimum Gasteiger partial charge on any atom is -0.502 e. The molecular formula is C23H23NO8. The SMILES string of the molecule is COc1cc([C@@H]2c3cc4c(cc3[C@@H](NC(C)=O)[C@H]3COC(=O)[C@H]23)OCO4)cc(OC)c1O. The van der Waals surface area contributed by atoms with E-state index in [4.69, 9.17) is 23.7 Å². The van der Waals surface area contributed by atoms with E-state index < -0.39 is 17.9 Å². The van der Waals surface area contributed by atoms with Crippen LogP contribution in [0.5, 0.6) is 28.7 Å². The highest BCUT2D eigenvalue weighted by atomic mass is 16.7. The molecule has 1 amide bonds. The van der Waals surface area contributed by atoms with Crippen molar-refractivity contribution >= 4 is 11.9 Å². The number of hydrogen-bond acceptors (Lipinski definition) is 8. The monoisotopic (exact) mass is 441 g/mol. The van der Waals surface area contributed by atoms with E-state index >= 15 is 0 Å². The molecule has 2 aromatic carbocycles. The zero-order valence-electron chi connectivity index (χ0n) is 17.8. The molecule has 4 atom stereocenters. The number of rotatable bonds is 4. The minimum atomic E-state index is -0.557. The lowest BCUT2D eigenvalue weighted by molar-refractivity contribution is -0.141. The van der Waals surface area contributed by atoms with Gasteiger partial charge in [-0.2, -0.15) is 0 Å². The predicted molar refractivity (Wildman–Crippen MR) is 110 cm³/mol. The number of ether oxygens (including phenoxy) is 5. The van der Waals surface area contributed by atoms with Gasteiger partial charge in [0.2, 0.25) is 18.4 Å². The van der Waals surface area contributed by atoms with Gasteiger partial charge in [-0.3, -0.25) is 9.59 Å². The molecule has 3 aliphatic rings. The highest BCUT2D eigenvalue weighted by Gasteiger charge is 2.53. The predicted octanol–water partition coefficient (Wildman–Crippen LogP) is 2.25. The number of amides is 1. The van der Waals surface area contributed by atoms with Gasteiger partial charge in [0.25, 0.3) is 0 Å². The van der Waals surface area contributed by atoms with E-state index in [2.05, 4.69) is 5.32 Å². The lowest BCUT2D eigenvalue weighted by Gasteiger charge is -2.39. The Morgan fingerprint density at radius 2 is 1.66 bits per heavy atom. The Bertz CT molecular complexity index is 1090. The lowest BCUT2D eigenvalue weighted by atomic mass is 9.65. The zero-order chi connectivity index (χ0) is 22.6. The second-order valence-electron chi connectivity index (χ2n) is 8.08. The summed E-state index contributed by atoms with van der Waals surface area (Å²) in [7, 11) is 2.90. The third kappa shape index (κ3) is 2.99. The van der Waals surface area contributed by atoms with Gasteiger partial charge < -0.3 is 34.1 Å². The van der Waals surface area contributed by atoms with Gasteiger partial charge in [-0.15, -0.1) is 0 Å². The van der Waals surface area contributed by atoms with Crippen molar-refractivity contribution in [3.8, 4) is 28.7 Å². The molecule has 168 valence electrons. The van der Waals surface area contributed by atoms with Crippen molar-refractivity contribution < 1.29 is 38.4 Å². The molecular weight excluding hydrogens is 418 g/mol. The van der Waals surface area contributed by atoms with E-state index in [1.54, 1.807) is 12.1 Å². The fourth-order valence-electron chi connectivity index (χ4n) is 5.06. The van der Waals surface area contributed by atoms with Gasteiger partial charge in [-0.1, -0.05) is 0 Å². The van der Waals surface area contributed by atoms with E-state index in [0.717, 1.165) is 11.1 Å². The van der Waals surface area contributed by atoms with E-state index in [1.165, 1.54) is 21.1 Å². The molecule has 2 aliphatic heterocycles. The highest BCUT2D eigenvalue weighted by Crippen LogP contribution is 2.55. The van der Waals surface area contributed by atoms with Gasteiger partial charge in [0.15, 0.2) is 23.0 Å². The van der Waals surface area contributed by atoms with Crippen molar-refractivity contribution in [3.63, 3.8) is 0 Å². The van der Waals surface area contributed by atoms with Crippen molar-refractivity contribution in [3.05, 3.63) is 41.0 Å². The summed E-state index contributed by atoms with van der Waals surface area (Å²) in [5, 5.41) is 13.4. The summed E-state index contributed by atoms with van der Waals surface area (Å²) in [5.74, 6) is -0.334. The molecule has 0 aromatic heterocycles. The molecule has 5 rings (SSSR count). The molecule has 1 fully saturated rings. The molecule has 2 N–H and O–H groups in total. The Labute approximate surface area is 184 Å². The molecule has 0 bridgehead atoms.